The molecule has 1 rings (SSSR count). The van der Waals surface area contributed by atoms with Crippen LogP contribution in [0.15, 0.2) is 0 Å². The smallest absolute Gasteiger partial charge is 0.410 e. The van der Waals surface area contributed by atoms with Crippen molar-refractivity contribution in [3.63, 3.8) is 0 Å². The topological polar surface area (TPSA) is 75.8 Å². The van der Waals surface area contributed by atoms with Gasteiger partial charge in [-0.2, -0.15) is 0 Å². The van der Waals surface area contributed by atoms with Crippen LogP contribution in [-0.4, -0.2) is 47.4 Å². The normalized spacial score (nSPS) is 25.7. The summed E-state index contributed by atoms with van der Waals surface area (Å²) in [5.74, 6) is 0.0602. The molecule has 2 atom stereocenters. The van der Waals surface area contributed by atoms with Crippen LogP contribution >= 0.6 is 0 Å². The van der Waals surface area contributed by atoms with E-state index in [4.69, 9.17) is 10.5 Å². The van der Waals surface area contributed by atoms with Crippen molar-refractivity contribution in [2.45, 2.75) is 51.7 Å². The van der Waals surface area contributed by atoms with Crippen LogP contribution in [0.2, 0.25) is 0 Å². The molecule has 0 bridgehead atoms. The van der Waals surface area contributed by atoms with Gasteiger partial charge in [0.2, 0.25) is 0 Å². The van der Waals surface area contributed by atoms with E-state index < -0.39 is 5.60 Å². The second-order valence-electron chi connectivity index (χ2n) is 5.97. The Hall–Kier alpha value is -0.810. The fraction of sp³-hybridized carbons (Fsp3) is 0.923. The quantitative estimate of drug-likeness (QED) is 0.784. The zero-order chi connectivity index (χ0) is 13.8. The minimum absolute atomic E-state index is 0.0602. The average Bonchev–Trinajstić information content (AvgIpc) is 2.40. The number of amides is 1. The van der Waals surface area contributed by atoms with Crippen molar-refractivity contribution < 1.29 is 14.6 Å². The van der Waals surface area contributed by atoms with Crippen LogP contribution in [0.3, 0.4) is 0 Å². The Bertz CT molecular complexity index is 276. The SMILES string of the molecule is CC(C)(C)OC(=O)N1CCCC(O)C(CCN)C1. The number of carbonyl (C=O) groups is 1. The molecule has 3 N–H and O–H groups in total. The Kier molecular flexibility index (Phi) is 5.41. The standard InChI is InChI=1S/C13H26N2O3/c1-13(2,3)18-12(17)15-8-4-5-11(16)10(9-15)6-7-14/h10-11,16H,4-9,14H2,1-3H3. The summed E-state index contributed by atoms with van der Waals surface area (Å²) in [7, 11) is 0. The Morgan fingerprint density at radius 1 is 1.50 bits per heavy atom. The van der Waals surface area contributed by atoms with Crippen LogP contribution in [-0.2, 0) is 4.74 Å². The molecule has 0 aromatic carbocycles. The molecule has 2 unspecified atom stereocenters. The Labute approximate surface area is 109 Å². The maximum atomic E-state index is 12.0. The molecule has 5 heteroatoms. The Morgan fingerprint density at radius 2 is 2.17 bits per heavy atom. The van der Waals surface area contributed by atoms with Crippen molar-refractivity contribution in [3.05, 3.63) is 0 Å². The molecule has 1 aliphatic rings. The molecule has 0 aliphatic carbocycles. The zero-order valence-electron chi connectivity index (χ0n) is 11.7. The van der Waals surface area contributed by atoms with Crippen LogP contribution < -0.4 is 5.73 Å². The van der Waals surface area contributed by atoms with Gasteiger partial charge in [0.1, 0.15) is 5.60 Å². The highest BCUT2D eigenvalue weighted by atomic mass is 16.6. The number of likely N-dealkylation sites (tertiary alicyclic amines) is 1. The van der Waals surface area contributed by atoms with Crippen molar-refractivity contribution in [3.8, 4) is 0 Å². The molecular weight excluding hydrogens is 232 g/mol. The van der Waals surface area contributed by atoms with Crippen LogP contribution in [0.5, 0.6) is 0 Å². The van der Waals surface area contributed by atoms with Crippen LogP contribution in [0, 0.1) is 5.92 Å². The number of ether oxygens (including phenoxy) is 1. The van der Waals surface area contributed by atoms with Crippen molar-refractivity contribution in [2.24, 2.45) is 11.7 Å². The zero-order valence-corrected chi connectivity index (χ0v) is 11.7. The summed E-state index contributed by atoms with van der Waals surface area (Å²) in [4.78, 5) is 13.7. The second kappa shape index (κ2) is 6.38. The molecule has 106 valence electrons. The van der Waals surface area contributed by atoms with Crippen molar-refractivity contribution >= 4 is 6.09 Å². The van der Waals surface area contributed by atoms with Crippen molar-refractivity contribution in [1.29, 1.82) is 0 Å². The number of aliphatic hydroxyl groups excluding tert-OH is 1. The molecule has 1 fully saturated rings. The van der Waals surface area contributed by atoms with Gasteiger partial charge in [0, 0.05) is 19.0 Å². The van der Waals surface area contributed by atoms with Crippen LogP contribution in [0.25, 0.3) is 0 Å². The summed E-state index contributed by atoms with van der Waals surface area (Å²) in [5.41, 5.74) is 5.07. The van der Waals surface area contributed by atoms with E-state index in [0.29, 0.717) is 19.6 Å². The number of rotatable bonds is 2. The summed E-state index contributed by atoms with van der Waals surface area (Å²) in [6.07, 6.45) is 1.62. The molecule has 0 aromatic heterocycles. The monoisotopic (exact) mass is 258 g/mol. The van der Waals surface area contributed by atoms with E-state index in [2.05, 4.69) is 0 Å². The summed E-state index contributed by atoms with van der Waals surface area (Å²) >= 11 is 0. The van der Waals surface area contributed by atoms with Gasteiger partial charge >= 0.3 is 6.09 Å². The number of hydrogen-bond donors (Lipinski definition) is 2. The molecule has 0 radical (unpaired) electrons. The lowest BCUT2D eigenvalue weighted by Gasteiger charge is -2.29. The van der Waals surface area contributed by atoms with Gasteiger partial charge in [-0.15, -0.1) is 0 Å². The van der Waals surface area contributed by atoms with Crippen LogP contribution in [0.4, 0.5) is 4.79 Å². The van der Waals surface area contributed by atoms with Crippen molar-refractivity contribution in [1.82, 2.24) is 4.90 Å². The van der Waals surface area contributed by atoms with Gasteiger partial charge < -0.3 is 20.5 Å². The highest BCUT2D eigenvalue weighted by molar-refractivity contribution is 5.68. The summed E-state index contributed by atoms with van der Waals surface area (Å²) in [5, 5.41) is 9.98. The van der Waals surface area contributed by atoms with Gasteiger partial charge in [-0.05, 0) is 46.6 Å². The molecule has 0 saturated carbocycles. The molecule has 1 aliphatic heterocycles. The average molecular weight is 258 g/mol. The molecule has 1 amide bonds. The van der Waals surface area contributed by atoms with Crippen molar-refractivity contribution in [2.75, 3.05) is 19.6 Å². The minimum Gasteiger partial charge on any atom is -0.444 e. The van der Waals surface area contributed by atoms with E-state index in [1.807, 2.05) is 20.8 Å². The molecule has 18 heavy (non-hydrogen) atoms. The lowest BCUT2D eigenvalue weighted by molar-refractivity contribution is 0.0197. The van der Waals surface area contributed by atoms with Gasteiger partial charge in [0.25, 0.3) is 0 Å². The van der Waals surface area contributed by atoms with Crippen LogP contribution in [0.1, 0.15) is 40.0 Å². The molecule has 1 heterocycles. The van der Waals surface area contributed by atoms with Gasteiger partial charge in [-0.3, -0.25) is 0 Å². The Balaban J connectivity index is 2.62. The van der Waals surface area contributed by atoms with E-state index in [9.17, 15) is 9.90 Å². The minimum atomic E-state index is -0.481. The third-order valence-electron chi connectivity index (χ3n) is 3.12. The third kappa shape index (κ3) is 4.82. The van der Waals surface area contributed by atoms with E-state index in [0.717, 1.165) is 19.3 Å². The fourth-order valence-corrected chi connectivity index (χ4v) is 2.21. The number of hydrogen-bond acceptors (Lipinski definition) is 4. The first-order valence-electron chi connectivity index (χ1n) is 6.69. The highest BCUT2D eigenvalue weighted by Crippen LogP contribution is 2.21. The van der Waals surface area contributed by atoms with Gasteiger partial charge in [0.15, 0.2) is 0 Å². The number of aliphatic hydroxyl groups is 1. The van der Waals surface area contributed by atoms with E-state index in [-0.39, 0.29) is 18.1 Å². The molecular formula is C13H26N2O3. The number of nitrogens with zero attached hydrogens (tertiary/aromatic N) is 1. The fourth-order valence-electron chi connectivity index (χ4n) is 2.21. The maximum absolute atomic E-state index is 12.0. The lowest BCUT2D eigenvalue weighted by Crippen LogP contribution is -2.40. The first-order chi connectivity index (χ1) is 8.33. The summed E-state index contributed by atoms with van der Waals surface area (Å²) in [6.45, 7) is 7.28. The summed E-state index contributed by atoms with van der Waals surface area (Å²) < 4.78 is 5.37. The highest BCUT2D eigenvalue weighted by Gasteiger charge is 2.29. The lowest BCUT2D eigenvalue weighted by atomic mass is 9.96. The molecule has 0 spiro atoms. The number of nitrogens with two attached hydrogens (primary N) is 1. The Morgan fingerprint density at radius 3 is 2.72 bits per heavy atom. The second-order valence-corrected chi connectivity index (χ2v) is 5.97. The van der Waals surface area contributed by atoms with E-state index >= 15 is 0 Å². The van der Waals surface area contributed by atoms with E-state index in [1.54, 1.807) is 4.90 Å². The molecule has 1 saturated heterocycles. The van der Waals surface area contributed by atoms with E-state index in [1.165, 1.54) is 0 Å². The predicted octanol–water partition coefficient (Wildman–Crippen LogP) is 1.34. The summed E-state index contributed by atoms with van der Waals surface area (Å²) in [6, 6.07) is 0. The first-order valence-corrected chi connectivity index (χ1v) is 6.69. The number of carbonyl (C=O) groups excluding carboxylic acids is 1. The van der Waals surface area contributed by atoms with Gasteiger partial charge in [0.05, 0.1) is 6.10 Å². The molecule has 5 nitrogen and oxygen atoms in total. The first kappa shape index (κ1) is 15.2. The van der Waals surface area contributed by atoms with Gasteiger partial charge in [-0.25, -0.2) is 4.79 Å². The third-order valence-corrected chi connectivity index (χ3v) is 3.12. The predicted molar refractivity (Wildman–Crippen MR) is 70.2 cm³/mol. The largest absolute Gasteiger partial charge is 0.444 e. The van der Waals surface area contributed by atoms with Gasteiger partial charge in [-0.1, -0.05) is 0 Å². The molecule has 0 aromatic rings. The maximum Gasteiger partial charge on any atom is 0.410 e.